The molecular formula is C38H35F3N8O6S. The molecule has 3 aromatic heterocycles. The van der Waals surface area contributed by atoms with Crippen LogP contribution in [0.3, 0.4) is 0 Å². The Morgan fingerprint density at radius 1 is 1.02 bits per heavy atom. The SMILES string of the molecule is Cc1c(-c2ccnn2-c2ccc(C#N)cc2)n(C(=O)NC2(c3ncc(C[N+](C)(C)C)o3)CC2)c(=O)n1-c1cccc(C(F)(F)F)c1.O=S(=O)([O-])c1ccccc1. The predicted molar refractivity (Wildman–Crippen MR) is 195 cm³/mol. The lowest BCUT2D eigenvalue weighted by Crippen LogP contribution is -2.42. The standard InChI is InChI=1S/C32H29F3N8O3.C6H6O3S/c1-20-27(26-12-15-38-42(26)23-10-8-21(17-36)9-11-23)41(30(45)40(20)24-7-5-6-22(16-24)32(33,34)35)29(44)39-31(13-14-31)28-37-18-25(46-28)19-43(2,3)4;7-10(8,9)6-4-2-1-3-5-6/h5-12,15-16,18H,13-14,19H2,1-4H3;1-5H,(H,7,8,9). The Morgan fingerprint density at radius 2 is 1.70 bits per heavy atom. The Balaban J connectivity index is 0.000000463. The first-order chi connectivity index (χ1) is 26.3. The van der Waals surface area contributed by atoms with Gasteiger partial charge in [-0.05, 0) is 80.4 Å². The summed E-state index contributed by atoms with van der Waals surface area (Å²) in [4.78, 5) is 32.5. The second-order valence-electron chi connectivity index (χ2n) is 14.1. The maximum absolute atomic E-state index is 14.1. The van der Waals surface area contributed by atoms with E-state index in [1.54, 1.807) is 49.5 Å². The number of oxazole rings is 1. The number of rotatable bonds is 8. The first kappa shape index (κ1) is 39.4. The Hall–Kier alpha value is -6.29. The van der Waals surface area contributed by atoms with Crippen molar-refractivity contribution in [1.82, 2.24) is 29.2 Å². The highest BCUT2D eigenvalue weighted by Gasteiger charge is 2.51. The lowest BCUT2D eigenvalue weighted by Gasteiger charge is -2.22. The number of carbonyl (C=O) groups excluding carboxylic acids is 1. The molecule has 14 nitrogen and oxygen atoms in total. The third-order valence-corrected chi connectivity index (χ3v) is 9.62. The fourth-order valence-corrected chi connectivity index (χ4v) is 6.51. The molecule has 56 heavy (non-hydrogen) atoms. The summed E-state index contributed by atoms with van der Waals surface area (Å²) in [6.07, 6.45) is -0.518. The van der Waals surface area contributed by atoms with Gasteiger partial charge >= 0.3 is 17.9 Å². The molecule has 0 unspecified atom stereocenters. The number of hydrogen-bond donors (Lipinski definition) is 1. The quantitative estimate of drug-likeness (QED) is 0.149. The van der Waals surface area contributed by atoms with E-state index in [1.807, 2.05) is 21.1 Å². The number of alkyl halides is 3. The van der Waals surface area contributed by atoms with Gasteiger partial charge in [-0.2, -0.15) is 23.5 Å². The highest BCUT2D eigenvalue weighted by molar-refractivity contribution is 7.85. The number of amides is 1. The smallest absolute Gasteiger partial charge is 0.416 e. The van der Waals surface area contributed by atoms with E-state index in [0.29, 0.717) is 52.5 Å². The van der Waals surface area contributed by atoms with Crippen LogP contribution >= 0.6 is 0 Å². The number of aromatic nitrogens is 5. The van der Waals surface area contributed by atoms with Crippen LogP contribution in [0.4, 0.5) is 18.0 Å². The second kappa shape index (κ2) is 14.7. The van der Waals surface area contributed by atoms with Crippen LogP contribution in [-0.2, 0) is 28.4 Å². The third-order valence-electron chi connectivity index (χ3n) is 8.77. The summed E-state index contributed by atoms with van der Waals surface area (Å²) in [6, 6.07) is 20.9. The van der Waals surface area contributed by atoms with Crippen molar-refractivity contribution in [3.8, 4) is 28.8 Å². The molecule has 1 N–H and O–H groups in total. The number of benzene rings is 3. The molecular weight excluding hydrogens is 754 g/mol. The summed E-state index contributed by atoms with van der Waals surface area (Å²) in [6.45, 7) is 2.12. The summed E-state index contributed by atoms with van der Waals surface area (Å²) in [5, 5.41) is 16.5. The van der Waals surface area contributed by atoms with Crippen LogP contribution in [0.1, 0.15) is 41.3 Å². The molecule has 3 aromatic carbocycles. The largest absolute Gasteiger partial charge is 0.744 e. The number of imidazole rings is 1. The fourth-order valence-electron chi connectivity index (χ4n) is 6.02. The van der Waals surface area contributed by atoms with E-state index < -0.39 is 39.1 Å². The molecule has 0 bridgehead atoms. The lowest BCUT2D eigenvalue weighted by atomic mass is 10.2. The van der Waals surface area contributed by atoms with Gasteiger partial charge in [-0.25, -0.2) is 32.2 Å². The van der Waals surface area contributed by atoms with Crippen LogP contribution < -0.4 is 11.0 Å². The molecule has 0 spiro atoms. The molecule has 1 fully saturated rings. The van der Waals surface area contributed by atoms with E-state index in [0.717, 1.165) is 21.3 Å². The Morgan fingerprint density at radius 3 is 2.27 bits per heavy atom. The van der Waals surface area contributed by atoms with Crippen molar-refractivity contribution in [2.24, 2.45) is 0 Å². The zero-order valence-electron chi connectivity index (χ0n) is 30.5. The van der Waals surface area contributed by atoms with Crippen LogP contribution in [0.25, 0.3) is 22.8 Å². The molecule has 6 aromatic rings. The molecule has 7 rings (SSSR count). The molecule has 0 saturated heterocycles. The van der Waals surface area contributed by atoms with E-state index >= 15 is 0 Å². The van der Waals surface area contributed by atoms with E-state index in [4.69, 9.17) is 4.42 Å². The minimum absolute atomic E-state index is 0.0617. The minimum atomic E-state index is -4.65. The van der Waals surface area contributed by atoms with Gasteiger partial charge in [0.1, 0.15) is 27.9 Å². The minimum Gasteiger partial charge on any atom is -0.744 e. The van der Waals surface area contributed by atoms with Gasteiger partial charge < -0.3 is 18.8 Å². The molecule has 1 saturated carbocycles. The van der Waals surface area contributed by atoms with Crippen LogP contribution in [0.2, 0.25) is 0 Å². The maximum Gasteiger partial charge on any atom is 0.416 e. The van der Waals surface area contributed by atoms with Crippen molar-refractivity contribution in [2.75, 3.05) is 21.1 Å². The van der Waals surface area contributed by atoms with Crippen LogP contribution in [0.15, 0.2) is 111 Å². The molecule has 3 heterocycles. The van der Waals surface area contributed by atoms with Crippen LogP contribution in [0.5, 0.6) is 0 Å². The van der Waals surface area contributed by atoms with Crippen molar-refractivity contribution in [3.63, 3.8) is 0 Å². The number of carbonyl (C=O) groups is 1. The van der Waals surface area contributed by atoms with Gasteiger partial charge in [-0.3, -0.25) is 4.57 Å². The molecule has 18 heteroatoms. The highest BCUT2D eigenvalue weighted by Crippen LogP contribution is 2.45. The normalized spacial score (nSPS) is 13.7. The van der Waals surface area contributed by atoms with Gasteiger partial charge in [0.05, 0.1) is 78.4 Å². The number of quaternary nitrogens is 1. The van der Waals surface area contributed by atoms with E-state index in [1.165, 1.54) is 47.3 Å². The zero-order valence-corrected chi connectivity index (χ0v) is 31.3. The first-order valence-electron chi connectivity index (χ1n) is 17.0. The maximum atomic E-state index is 14.1. The summed E-state index contributed by atoms with van der Waals surface area (Å²) < 4.78 is 81.9. The number of hydrogen-bond acceptors (Lipinski definition) is 9. The third kappa shape index (κ3) is 8.34. The molecule has 1 amide bonds. The molecule has 0 atom stereocenters. The predicted octanol–water partition coefficient (Wildman–Crippen LogP) is 5.72. The molecule has 1 aliphatic rings. The van der Waals surface area contributed by atoms with Crippen molar-refractivity contribution >= 4 is 16.1 Å². The monoisotopic (exact) mass is 788 g/mol. The second-order valence-corrected chi connectivity index (χ2v) is 15.5. The van der Waals surface area contributed by atoms with Gasteiger partial charge in [-0.15, -0.1) is 0 Å². The van der Waals surface area contributed by atoms with Gasteiger partial charge in [0.2, 0.25) is 5.89 Å². The molecule has 0 radical (unpaired) electrons. The van der Waals surface area contributed by atoms with E-state index in [9.17, 15) is 41.0 Å². The van der Waals surface area contributed by atoms with Crippen molar-refractivity contribution in [2.45, 2.75) is 42.9 Å². The average molecular weight is 789 g/mol. The Bertz CT molecular complexity index is 2610. The highest BCUT2D eigenvalue weighted by atomic mass is 32.2. The van der Waals surface area contributed by atoms with E-state index in [-0.39, 0.29) is 22.0 Å². The van der Waals surface area contributed by atoms with Crippen LogP contribution in [0, 0.1) is 18.3 Å². The topological polar surface area (TPSA) is 181 Å². The molecule has 1 aliphatic carbocycles. The lowest BCUT2D eigenvalue weighted by molar-refractivity contribution is -0.884. The van der Waals surface area contributed by atoms with E-state index in [2.05, 4.69) is 21.5 Å². The molecule has 290 valence electrons. The van der Waals surface area contributed by atoms with Gasteiger partial charge in [0, 0.05) is 0 Å². The summed E-state index contributed by atoms with van der Waals surface area (Å²) in [5.41, 5.74) is -1.21. The number of nitrogens with one attached hydrogen (secondary N) is 1. The van der Waals surface area contributed by atoms with Crippen LogP contribution in [-0.4, -0.2) is 68.5 Å². The number of halogens is 3. The summed E-state index contributed by atoms with van der Waals surface area (Å²) >= 11 is 0. The number of nitriles is 1. The molecule has 0 aliphatic heterocycles. The Labute approximate surface area is 319 Å². The Kier molecular flexibility index (Phi) is 10.4. The van der Waals surface area contributed by atoms with Crippen molar-refractivity contribution < 1.29 is 39.8 Å². The van der Waals surface area contributed by atoms with Gasteiger partial charge in [-0.1, -0.05) is 24.3 Å². The average Bonchev–Trinajstić information content (AvgIpc) is 3.42. The zero-order chi connectivity index (χ0) is 40.6. The fraction of sp³-hybridized carbons (Fsp3) is 0.237. The van der Waals surface area contributed by atoms with Gasteiger partial charge in [0.15, 0.2) is 5.76 Å². The first-order valence-corrected chi connectivity index (χ1v) is 18.4. The summed E-state index contributed by atoms with van der Waals surface area (Å²) in [7, 11) is 1.76. The van der Waals surface area contributed by atoms with Crippen molar-refractivity contribution in [3.05, 3.63) is 136 Å². The summed E-state index contributed by atoms with van der Waals surface area (Å²) in [5.74, 6) is 0.953. The van der Waals surface area contributed by atoms with Crippen molar-refractivity contribution in [1.29, 1.82) is 5.26 Å². The van der Waals surface area contributed by atoms with Gasteiger partial charge in [0.25, 0.3) is 0 Å². The number of nitrogens with zero attached hydrogens (tertiary/aromatic N) is 7.